The molecule has 1 aliphatic heterocycles. The lowest BCUT2D eigenvalue weighted by Crippen LogP contribution is -2.32. The standard InChI is InChI=1S/C16H15NO2/c18-15-13-11-6-7-12(8-11)14(13)16(19)17(15)9-10-4-2-1-3-5-10/h1-7,11-14H,8-9H2/t11-,12-,13-,14-/m1/s1. The molecule has 1 heterocycles. The molecule has 1 aromatic carbocycles. The van der Waals surface area contributed by atoms with E-state index in [9.17, 15) is 9.59 Å². The molecule has 0 radical (unpaired) electrons. The monoisotopic (exact) mass is 253 g/mol. The van der Waals surface area contributed by atoms with E-state index in [1.807, 2.05) is 30.3 Å². The fourth-order valence-corrected chi connectivity index (χ4v) is 3.89. The van der Waals surface area contributed by atoms with Crippen LogP contribution in [0.1, 0.15) is 12.0 Å². The van der Waals surface area contributed by atoms with Crippen LogP contribution in [0.5, 0.6) is 0 Å². The molecule has 2 fully saturated rings. The second-order valence-corrected chi connectivity index (χ2v) is 5.75. The lowest BCUT2D eigenvalue weighted by Gasteiger charge is -2.17. The molecule has 1 saturated heterocycles. The number of hydrogen-bond donors (Lipinski definition) is 0. The third-order valence-electron chi connectivity index (χ3n) is 4.75. The van der Waals surface area contributed by atoms with Gasteiger partial charge in [-0.1, -0.05) is 42.5 Å². The van der Waals surface area contributed by atoms with Gasteiger partial charge in [-0.2, -0.15) is 0 Å². The predicted molar refractivity (Wildman–Crippen MR) is 69.7 cm³/mol. The van der Waals surface area contributed by atoms with Crippen molar-refractivity contribution in [3.63, 3.8) is 0 Å². The Bertz CT molecular complexity index is 548. The van der Waals surface area contributed by atoms with Crippen molar-refractivity contribution < 1.29 is 9.59 Å². The Balaban J connectivity index is 1.62. The summed E-state index contributed by atoms with van der Waals surface area (Å²) in [6.45, 7) is 0.422. The summed E-state index contributed by atoms with van der Waals surface area (Å²) in [5.41, 5.74) is 1.02. The van der Waals surface area contributed by atoms with Crippen LogP contribution >= 0.6 is 0 Å². The van der Waals surface area contributed by atoms with Gasteiger partial charge in [-0.25, -0.2) is 0 Å². The third-order valence-corrected chi connectivity index (χ3v) is 4.75. The zero-order valence-corrected chi connectivity index (χ0v) is 10.5. The van der Waals surface area contributed by atoms with Crippen LogP contribution in [0.25, 0.3) is 0 Å². The number of allylic oxidation sites excluding steroid dienone is 2. The third kappa shape index (κ3) is 1.44. The van der Waals surface area contributed by atoms with Gasteiger partial charge in [-0.15, -0.1) is 0 Å². The fraction of sp³-hybridized carbons (Fsp3) is 0.375. The van der Waals surface area contributed by atoms with Gasteiger partial charge in [0.2, 0.25) is 11.8 Å². The zero-order chi connectivity index (χ0) is 13.0. The Kier molecular flexibility index (Phi) is 2.19. The summed E-state index contributed by atoms with van der Waals surface area (Å²) >= 11 is 0. The minimum absolute atomic E-state index is 0.0377. The molecule has 2 amide bonds. The van der Waals surface area contributed by atoms with E-state index in [1.165, 1.54) is 4.90 Å². The average molecular weight is 253 g/mol. The highest BCUT2D eigenvalue weighted by atomic mass is 16.2. The Hall–Kier alpha value is -1.90. The Morgan fingerprint density at radius 2 is 1.53 bits per heavy atom. The van der Waals surface area contributed by atoms with Crippen LogP contribution in [0.3, 0.4) is 0 Å². The van der Waals surface area contributed by atoms with Crippen molar-refractivity contribution in [1.82, 2.24) is 4.90 Å². The maximum absolute atomic E-state index is 12.5. The topological polar surface area (TPSA) is 37.4 Å². The SMILES string of the molecule is O=C1[C@H]2[C@H](C(=O)N1Cc1ccccc1)[C@@H]1C=C[C@@H]2C1. The molecule has 3 aliphatic rings. The van der Waals surface area contributed by atoms with E-state index >= 15 is 0 Å². The minimum Gasteiger partial charge on any atom is -0.278 e. The predicted octanol–water partition coefficient (Wildman–Crippen LogP) is 1.99. The second-order valence-electron chi connectivity index (χ2n) is 5.75. The lowest BCUT2D eigenvalue weighted by molar-refractivity contribution is -0.141. The van der Waals surface area contributed by atoms with Crippen molar-refractivity contribution in [2.45, 2.75) is 13.0 Å². The molecule has 1 saturated carbocycles. The van der Waals surface area contributed by atoms with Crippen molar-refractivity contribution in [1.29, 1.82) is 0 Å². The minimum atomic E-state index is -0.0776. The molecule has 3 heteroatoms. The molecule has 2 aliphatic carbocycles. The molecule has 1 aromatic rings. The molecule has 96 valence electrons. The number of amides is 2. The van der Waals surface area contributed by atoms with E-state index < -0.39 is 0 Å². The van der Waals surface area contributed by atoms with E-state index in [1.54, 1.807) is 0 Å². The molecular formula is C16H15NO2. The summed E-state index contributed by atoms with van der Waals surface area (Å²) < 4.78 is 0. The number of hydrogen-bond acceptors (Lipinski definition) is 2. The number of carbonyl (C=O) groups excluding carboxylic acids is 2. The highest BCUT2D eigenvalue weighted by Gasteiger charge is 2.58. The number of fused-ring (bicyclic) bond motifs is 5. The van der Waals surface area contributed by atoms with Gasteiger partial charge in [-0.3, -0.25) is 14.5 Å². The lowest BCUT2D eigenvalue weighted by atomic mass is 9.85. The number of benzene rings is 1. The van der Waals surface area contributed by atoms with Crippen LogP contribution in [0.2, 0.25) is 0 Å². The summed E-state index contributed by atoms with van der Waals surface area (Å²) in [4.78, 5) is 26.4. The van der Waals surface area contributed by atoms with Crippen LogP contribution in [0.15, 0.2) is 42.5 Å². The highest BCUT2D eigenvalue weighted by molar-refractivity contribution is 6.06. The fourth-order valence-electron chi connectivity index (χ4n) is 3.89. The molecule has 3 nitrogen and oxygen atoms in total. The van der Waals surface area contributed by atoms with Crippen molar-refractivity contribution in [3.05, 3.63) is 48.0 Å². The molecule has 4 atom stereocenters. The molecule has 0 aromatic heterocycles. The van der Waals surface area contributed by atoms with Crippen molar-refractivity contribution in [2.24, 2.45) is 23.7 Å². The summed E-state index contributed by atoms with van der Waals surface area (Å²) in [7, 11) is 0. The first-order chi connectivity index (χ1) is 9.25. The van der Waals surface area contributed by atoms with E-state index in [0.29, 0.717) is 18.4 Å². The van der Waals surface area contributed by atoms with Gasteiger partial charge < -0.3 is 0 Å². The smallest absolute Gasteiger partial charge is 0.234 e. The van der Waals surface area contributed by atoms with E-state index in [2.05, 4.69) is 12.2 Å². The van der Waals surface area contributed by atoms with Gasteiger partial charge in [0.15, 0.2) is 0 Å². The van der Waals surface area contributed by atoms with E-state index in [4.69, 9.17) is 0 Å². The summed E-state index contributed by atoms with van der Waals surface area (Å²) in [5, 5.41) is 0. The van der Waals surface area contributed by atoms with Crippen LogP contribution < -0.4 is 0 Å². The number of imide groups is 1. The quantitative estimate of drug-likeness (QED) is 0.597. The first-order valence-electron chi connectivity index (χ1n) is 6.83. The van der Waals surface area contributed by atoms with Crippen LogP contribution in [0, 0.1) is 23.7 Å². The number of nitrogens with zero attached hydrogens (tertiary/aromatic N) is 1. The first-order valence-corrected chi connectivity index (χ1v) is 6.83. The molecule has 4 rings (SSSR count). The molecular weight excluding hydrogens is 238 g/mol. The Labute approximate surface area is 111 Å². The Morgan fingerprint density at radius 3 is 2.11 bits per heavy atom. The average Bonchev–Trinajstić information content (AvgIpc) is 3.10. The van der Waals surface area contributed by atoms with Gasteiger partial charge in [0, 0.05) is 0 Å². The normalized spacial score (nSPS) is 35.3. The summed E-state index contributed by atoms with van der Waals surface area (Å²) in [6, 6.07) is 9.73. The molecule has 0 unspecified atom stereocenters. The second kappa shape index (κ2) is 3.80. The molecule has 2 bridgehead atoms. The largest absolute Gasteiger partial charge is 0.278 e. The Morgan fingerprint density at radius 1 is 0.947 bits per heavy atom. The van der Waals surface area contributed by atoms with Crippen molar-refractivity contribution >= 4 is 11.8 Å². The van der Waals surface area contributed by atoms with Crippen LogP contribution in [0.4, 0.5) is 0 Å². The van der Waals surface area contributed by atoms with Gasteiger partial charge in [0.1, 0.15) is 0 Å². The maximum Gasteiger partial charge on any atom is 0.234 e. The van der Waals surface area contributed by atoms with Gasteiger partial charge in [0.25, 0.3) is 0 Å². The van der Waals surface area contributed by atoms with Gasteiger partial charge >= 0.3 is 0 Å². The molecule has 0 N–H and O–H groups in total. The molecule has 19 heavy (non-hydrogen) atoms. The van der Waals surface area contributed by atoms with E-state index in [0.717, 1.165) is 12.0 Å². The van der Waals surface area contributed by atoms with Gasteiger partial charge in [-0.05, 0) is 23.8 Å². The van der Waals surface area contributed by atoms with E-state index in [-0.39, 0.29) is 23.7 Å². The van der Waals surface area contributed by atoms with Crippen LogP contribution in [-0.2, 0) is 16.1 Å². The van der Waals surface area contributed by atoms with Gasteiger partial charge in [0.05, 0.1) is 18.4 Å². The number of likely N-dealkylation sites (tertiary alicyclic amines) is 1. The summed E-state index contributed by atoms with van der Waals surface area (Å²) in [5.74, 6) is 0.517. The summed E-state index contributed by atoms with van der Waals surface area (Å²) in [6.07, 6.45) is 5.25. The van der Waals surface area contributed by atoms with Crippen molar-refractivity contribution in [2.75, 3.05) is 0 Å². The first kappa shape index (κ1) is 11.0. The number of rotatable bonds is 2. The maximum atomic E-state index is 12.5. The number of carbonyl (C=O) groups is 2. The molecule has 0 spiro atoms. The zero-order valence-electron chi connectivity index (χ0n) is 10.5. The van der Waals surface area contributed by atoms with Crippen molar-refractivity contribution in [3.8, 4) is 0 Å². The van der Waals surface area contributed by atoms with Crippen LogP contribution in [-0.4, -0.2) is 16.7 Å². The highest BCUT2D eigenvalue weighted by Crippen LogP contribution is 2.52.